The maximum atomic E-state index is 13.3. The van der Waals surface area contributed by atoms with E-state index in [1.165, 1.54) is 18.2 Å². The Hall–Kier alpha value is -2.21. The van der Waals surface area contributed by atoms with E-state index in [9.17, 15) is 19.1 Å². The first-order chi connectivity index (χ1) is 9.88. The molecule has 1 amide bonds. The van der Waals surface area contributed by atoms with Gasteiger partial charge in [-0.1, -0.05) is 28.1 Å². The minimum absolute atomic E-state index is 0.0151. The van der Waals surface area contributed by atoms with Crippen LogP contribution in [0.4, 0.5) is 10.1 Å². The zero-order chi connectivity index (χ0) is 15.6. The first kappa shape index (κ1) is 15.2. The van der Waals surface area contributed by atoms with Crippen LogP contribution in [0, 0.1) is 12.7 Å². The third-order valence-corrected chi connectivity index (χ3v) is 3.32. The Labute approximate surface area is 128 Å². The molecule has 0 spiro atoms. The Kier molecular flexibility index (Phi) is 4.37. The van der Waals surface area contributed by atoms with Crippen LogP contribution in [0.25, 0.3) is 0 Å². The monoisotopic (exact) mass is 351 g/mol. The van der Waals surface area contributed by atoms with Gasteiger partial charge in [0.15, 0.2) is 0 Å². The number of carbonyl (C=O) groups excluding carboxylic acids is 1. The summed E-state index contributed by atoms with van der Waals surface area (Å²) in [5.74, 6) is -2.27. The summed E-state index contributed by atoms with van der Waals surface area (Å²) in [5.41, 5.74) is 0.814. The number of hydrogen-bond donors (Lipinski definition) is 2. The van der Waals surface area contributed by atoms with Gasteiger partial charge in [-0.2, -0.15) is 0 Å². The molecule has 2 aromatic carbocycles. The van der Waals surface area contributed by atoms with E-state index >= 15 is 0 Å². The van der Waals surface area contributed by atoms with E-state index in [0.29, 0.717) is 10.0 Å². The van der Waals surface area contributed by atoms with Crippen LogP contribution in [0.5, 0.6) is 0 Å². The van der Waals surface area contributed by atoms with Crippen molar-refractivity contribution in [3.05, 3.63) is 63.4 Å². The molecule has 0 aliphatic heterocycles. The third-order valence-electron chi connectivity index (χ3n) is 2.86. The summed E-state index contributed by atoms with van der Waals surface area (Å²) in [7, 11) is 0. The summed E-state index contributed by atoms with van der Waals surface area (Å²) < 4.78 is 13.7. The van der Waals surface area contributed by atoms with Gasteiger partial charge in [0.25, 0.3) is 5.91 Å². The molecule has 0 bridgehead atoms. The molecule has 21 heavy (non-hydrogen) atoms. The molecule has 0 radical (unpaired) electrons. The fraction of sp³-hybridized carbons (Fsp3) is 0.0667. The molecule has 4 nitrogen and oxygen atoms in total. The summed E-state index contributed by atoms with van der Waals surface area (Å²) in [6.45, 7) is 1.64. The van der Waals surface area contributed by atoms with Crippen LogP contribution < -0.4 is 5.32 Å². The predicted molar refractivity (Wildman–Crippen MR) is 80.2 cm³/mol. The second kappa shape index (κ2) is 6.05. The number of aryl methyl sites for hydroxylation is 1. The number of carboxylic acid groups (broad SMARTS) is 1. The van der Waals surface area contributed by atoms with Gasteiger partial charge in [-0.25, -0.2) is 9.18 Å². The highest BCUT2D eigenvalue weighted by atomic mass is 79.9. The van der Waals surface area contributed by atoms with E-state index in [2.05, 4.69) is 21.2 Å². The second-order valence-electron chi connectivity index (χ2n) is 4.41. The molecule has 0 aromatic heterocycles. The van der Waals surface area contributed by atoms with E-state index in [1.807, 2.05) is 0 Å². The molecule has 108 valence electrons. The number of aromatic carboxylic acids is 1. The third kappa shape index (κ3) is 3.46. The molecule has 0 unspecified atom stereocenters. The molecule has 0 saturated carbocycles. The molecule has 0 aliphatic rings. The van der Waals surface area contributed by atoms with Gasteiger partial charge in [0.05, 0.1) is 11.3 Å². The lowest BCUT2D eigenvalue weighted by atomic mass is 10.1. The van der Waals surface area contributed by atoms with Crippen molar-refractivity contribution in [2.24, 2.45) is 0 Å². The van der Waals surface area contributed by atoms with Crippen LogP contribution in [0.2, 0.25) is 0 Å². The van der Waals surface area contributed by atoms with Gasteiger partial charge in [0, 0.05) is 10.0 Å². The number of rotatable bonds is 3. The van der Waals surface area contributed by atoms with Crippen LogP contribution in [0.15, 0.2) is 40.9 Å². The van der Waals surface area contributed by atoms with Crippen LogP contribution in [0.1, 0.15) is 26.3 Å². The van der Waals surface area contributed by atoms with Gasteiger partial charge in [0.2, 0.25) is 0 Å². The van der Waals surface area contributed by atoms with Gasteiger partial charge >= 0.3 is 5.97 Å². The first-order valence-electron chi connectivity index (χ1n) is 5.99. The lowest BCUT2D eigenvalue weighted by Gasteiger charge is -2.11. The highest BCUT2D eigenvalue weighted by molar-refractivity contribution is 9.10. The quantitative estimate of drug-likeness (QED) is 0.882. The molecule has 2 rings (SSSR count). The van der Waals surface area contributed by atoms with Crippen molar-refractivity contribution in [3.8, 4) is 0 Å². The maximum Gasteiger partial charge on any atom is 0.338 e. The van der Waals surface area contributed by atoms with Crippen molar-refractivity contribution in [2.75, 3.05) is 5.32 Å². The van der Waals surface area contributed by atoms with Crippen molar-refractivity contribution >= 4 is 33.5 Å². The summed E-state index contributed by atoms with van der Waals surface area (Å²) >= 11 is 3.10. The van der Waals surface area contributed by atoms with Gasteiger partial charge in [-0.15, -0.1) is 0 Å². The number of halogens is 2. The number of benzene rings is 2. The summed E-state index contributed by atoms with van der Waals surface area (Å²) in [6.07, 6.45) is 0. The average molecular weight is 352 g/mol. The van der Waals surface area contributed by atoms with E-state index < -0.39 is 17.7 Å². The molecule has 0 saturated heterocycles. The smallest absolute Gasteiger partial charge is 0.338 e. The highest BCUT2D eigenvalue weighted by Crippen LogP contribution is 2.21. The highest BCUT2D eigenvalue weighted by Gasteiger charge is 2.16. The number of nitrogens with one attached hydrogen (secondary N) is 1. The largest absolute Gasteiger partial charge is 0.478 e. The van der Waals surface area contributed by atoms with Crippen LogP contribution in [0.3, 0.4) is 0 Å². The number of hydrogen-bond acceptors (Lipinski definition) is 2. The molecular formula is C15H11BrFNO3. The normalized spacial score (nSPS) is 10.2. The topological polar surface area (TPSA) is 66.4 Å². The van der Waals surface area contributed by atoms with Crippen LogP contribution in [-0.2, 0) is 0 Å². The van der Waals surface area contributed by atoms with E-state index in [4.69, 9.17) is 0 Å². The van der Waals surface area contributed by atoms with Crippen molar-refractivity contribution in [1.82, 2.24) is 0 Å². The minimum atomic E-state index is -1.14. The molecule has 2 aromatic rings. The van der Waals surface area contributed by atoms with Crippen LogP contribution >= 0.6 is 15.9 Å². The number of carboxylic acids is 1. The lowest BCUT2D eigenvalue weighted by Crippen LogP contribution is -2.15. The second-order valence-corrected chi connectivity index (χ2v) is 5.33. The predicted octanol–water partition coefficient (Wildman–Crippen LogP) is 3.85. The fourth-order valence-electron chi connectivity index (χ4n) is 1.94. The Balaban J connectivity index is 2.36. The summed E-state index contributed by atoms with van der Waals surface area (Å²) in [4.78, 5) is 23.4. The van der Waals surface area contributed by atoms with Crippen molar-refractivity contribution in [3.63, 3.8) is 0 Å². The molecule has 6 heteroatoms. The number of anilines is 1. The Bertz CT molecular complexity index is 711. The fourth-order valence-corrected chi connectivity index (χ4v) is 2.40. The van der Waals surface area contributed by atoms with Gasteiger partial charge in [-0.3, -0.25) is 4.79 Å². The SMILES string of the molecule is Cc1cccc(NC(=O)c2cc(F)cc(Br)c2)c1C(=O)O. The van der Waals surface area contributed by atoms with Gasteiger partial charge in [0.1, 0.15) is 5.82 Å². The van der Waals surface area contributed by atoms with E-state index in [1.54, 1.807) is 19.1 Å². The lowest BCUT2D eigenvalue weighted by molar-refractivity contribution is 0.0697. The first-order valence-corrected chi connectivity index (χ1v) is 6.78. The Morgan fingerprint density at radius 2 is 1.95 bits per heavy atom. The number of carbonyl (C=O) groups is 2. The van der Waals surface area contributed by atoms with Gasteiger partial charge in [-0.05, 0) is 36.8 Å². The molecule has 0 heterocycles. The zero-order valence-electron chi connectivity index (χ0n) is 11.0. The standard InChI is InChI=1S/C15H11BrFNO3/c1-8-3-2-4-12(13(8)15(20)21)18-14(19)9-5-10(16)7-11(17)6-9/h2-7H,1H3,(H,18,19)(H,20,21). The summed E-state index contributed by atoms with van der Waals surface area (Å²) in [6, 6.07) is 8.52. The zero-order valence-corrected chi connectivity index (χ0v) is 12.6. The minimum Gasteiger partial charge on any atom is -0.478 e. The maximum absolute atomic E-state index is 13.3. The van der Waals surface area contributed by atoms with Crippen LogP contribution in [-0.4, -0.2) is 17.0 Å². The molecular weight excluding hydrogens is 341 g/mol. The molecule has 2 N–H and O–H groups in total. The molecule has 0 fully saturated rings. The Morgan fingerprint density at radius 3 is 2.57 bits per heavy atom. The van der Waals surface area contributed by atoms with Gasteiger partial charge < -0.3 is 10.4 Å². The van der Waals surface area contributed by atoms with Crippen molar-refractivity contribution < 1.29 is 19.1 Å². The van der Waals surface area contributed by atoms with Crippen molar-refractivity contribution in [2.45, 2.75) is 6.92 Å². The average Bonchev–Trinajstić information content (AvgIpc) is 2.37. The number of amides is 1. The van der Waals surface area contributed by atoms with Crippen molar-refractivity contribution in [1.29, 1.82) is 0 Å². The van der Waals surface area contributed by atoms with E-state index in [0.717, 1.165) is 6.07 Å². The van der Waals surface area contributed by atoms with E-state index in [-0.39, 0.29) is 16.8 Å². The molecule has 0 aliphatic carbocycles. The molecule has 0 atom stereocenters. The summed E-state index contributed by atoms with van der Waals surface area (Å²) in [5, 5.41) is 11.7. The Morgan fingerprint density at radius 1 is 1.24 bits per heavy atom.